The molecule has 1 aliphatic carbocycles. The molecule has 3 heteroatoms. The molecule has 1 rings (SSSR count). The normalized spacial score (nSPS) is 27.5. The Bertz CT molecular complexity index is 226. The fourth-order valence-corrected chi connectivity index (χ4v) is 2.04. The van der Waals surface area contributed by atoms with Gasteiger partial charge in [-0.2, -0.15) is 0 Å². The third-order valence-corrected chi connectivity index (χ3v) is 3.46. The maximum absolute atomic E-state index is 11.9. The molecule has 88 valence electrons. The van der Waals surface area contributed by atoms with Crippen molar-refractivity contribution in [1.29, 1.82) is 0 Å². The molecule has 3 nitrogen and oxygen atoms in total. The van der Waals surface area contributed by atoms with Crippen LogP contribution in [-0.4, -0.2) is 24.5 Å². The summed E-state index contributed by atoms with van der Waals surface area (Å²) in [6.07, 6.45) is 4.81. The summed E-state index contributed by atoms with van der Waals surface area (Å²) in [4.78, 5) is 11.9. The number of hydrogen-bond acceptors (Lipinski definition) is 2. The first kappa shape index (κ1) is 12.5. The van der Waals surface area contributed by atoms with E-state index in [2.05, 4.69) is 17.6 Å². The lowest BCUT2D eigenvalue weighted by Gasteiger charge is -2.31. The molecule has 0 aromatic carbocycles. The molecule has 0 radical (unpaired) electrons. The summed E-state index contributed by atoms with van der Waals surface area (Å²) in [5, 5.41) is 6.17. The van der Waals surface area contributed by atoms with E-state index in [1.165, 1.54) is 12.8 Å². The molecule has 0 heterocycles. The van der Waals surface area contributed by atoms with E-state index in [4.69, 9.17) is 0 Å². The van der Waals surface area contributed by atoms with Crippen molar-refractivity contribution in [3.05, 3.63) is 0 Å². The molecule has 1 fully saturated rings. The van der Waals surface area contributed by atoms with Crippen LogP contribution >= 0.6 is 0 Å². The number of rotatable bonds is 3. The lowest BCUT2D eigenvalue weighted by Crippen LogP contribution is -2.54. The smallest absolute Gasteiger partial charge is 0.239 e. The number of likely N-dealkylation sites (N-methyl/N-ethyl adjacent to an activating group) is 1. The Balaban J connectivity index is 2.44. The fourth-order valence-electron chi connectivity index (χ4n) is 2.04. The summed E-state index contributed by atoms with van der Waals surface area (Å²) in [7, 11) is 1.82. The summed E-state index contributed by atoms with van der Waals surface area (Å²) in [5.41, 5.74) is -0.458. The van der Waals surface area contributed by atoms with Gasteiger partial charge >= 0.3 is 0 Å². The highest BCUT2D eigenvalue weighted by Crippen LogP contribution is 2.23. The quantitative estimate of drug-likeness (QED) is 0.747. The molecular weight excluding hydrogens is 188 g/mol. The van der Waals surface area contributed by atoms with Crippen molar-refractivity contribution in [3.63, 3.8) is 0 Å². The van der Waals surface area contributed by atoms with Crippen LogP contribution < -0.4 is 10.6 Å². The summed E-state index contributed by atoms with van der Waals surface area (Å²) in [5.74, 6) is 0.867. The Hall–Kier alpha value is -0.570. The summed E-state index contributed by atoms with van der Waals surface area (Å²) in [6, 6.07) is 0.383. The maximum Gasteiger partial charge on any atom is 0.239 e. The average Bonchev–Trinajstić information content (AvgIpc) is 2.17. The summed E-state index contributed by atoms with van der Waals surface area (Å²) < 4.78 is 0. The van der Waals surface area contributed by atoms with Crippen molar-refractivity contribution >= 4 is 5.91 Å². The van der Waals surface area contributed by atoms with E-state index in [1.54, 1.807) is 0 Å². The first-order valence-corrected chi connectivity index (χ1v) is 5.95. The van der Waals surface area contributed by atoms with Gasteiger partial charge in [-0.15, -0.1) is 0 Å². The monoisotopic (exact) mass is 212 g/mol. The van der Waals surface area contributed by atoms with Crippen LogP contribution in [0.3, 0.4) is 0 Å². The minimum absolute atomic E-state index is 0.115. The summed E-state index contributed by atoms with van der Waals surface area (Å²) in [6.45, 7) is 6.09. The van der Waals surface area contributed by atoms with E-state index in [-0.39, 0.29) is 5.91 Å². The SMILES string of the molecule is CNC(C)(C)C(=O)NC1CCCC(C)C1. The third-order valence-electron chi connectivity index (χ3n) is 3.46. The van der Waals surface area contributed by atoms with Gasteiger partial charge in [-0.05, 0) is 39.7 Å². The Labute approximate surface area is 93.0 Å². The lowest BCUT2D eigenvalue weighted by molar-refractivity contribution is -0.127. The first-order valence-electron chi connectivity index (χ1n) is 5.95. The van der Waals surface area contributed by atoms with Gasteiger partial charge in [-0.3, -0.25) is 4.79 Å². The van der Waals surface area contributed by atoms with Crippen molar-refractivity contribution in [2.45, 2.75) is 58.0 Å². The van der Waals surface area contributed by atoms with Crippen LogP contribution in [0.1, 0.15) is 46.5 Å². The molecule has 0 aliphatic heterocycles. The number of carbonyl (C=O) groups excluding carboxylic acids is 1. The van der Waals surface area contributed by atoms with Crippen LogP contribution in [-0.2, 0) is 4.79 Å². The van der Waals surface area contributed by atoms with Gasteiger partial charge in [0.2, 0.25) is 5.91 Å². The highest BCUT2D eigenvalue weighted by Gasteiger charge is 2.28. The van der Waals surface area contributed by atoms with E-state index < -0.39 is 5.54 Å². The van der Waals surface area contributed by atoms with E-state index in [1.807, 2.05) is 20.9 Å². The van der Waals surface area contributed by atoms with Gasteiger partial charge in [0, 0.05) is 6.04 Å². The molecule has 1 aliphatic rings. The van der Waals surface area contributed by atoms with Crippen LogP contribution in [0.5, 0.6) is 0 Å². The number of nitrogens with one attached hydrogen (secondary N) is 2. The molecule has 0 bridgehead atoms. The van der Waals surface area contributed by atoms with Gasteiger partial charge in [0.05, 0.1) is 5.54 Å². The van der Waals surface area contributed by atoms with Gasteiger partial charge in [0.1, 0.15) is 0 Å². The first-order chi connectivity index (χ1) is 6.95. The minimum Gasteiger partial charge on any atom is -0.352 e. The molecule has 0 spiro atoms. The summed E-state index contributed by atoms with van der Waals surface area (Å²) >= 11 is 0. The van der Waals surface area contributed by atoms with Crippen molar-refractivity contribution in [1.82, 2.24) is 10.6 Å². The number of amides is 1. The average molecular weight is 212 g/mol. The fraction of sp³-hybridized carbons (Fsp3) is 0.917. The number of hydrogen-bond donors (Lipinski definition) is 2. The van der Waals surface area contributed by atoms with Crippen LogP contribution in [0.4, 0.5) is 0 Å². The van der Waals surface area contributed by atoms with Crippen LogP contribution in [0.2, 0.25) is 0 Å². The standard InChI is InChI=1S/C12H24N2O/c1-9-6-5-7-10(8-9)14-11(15)12(2,3)13-4/h9-10,13H,5-8H2,1-4H3,(H,14,15). The minimum atomic E-state index is -0.458. The molecule has 0 aromatic heterocycles. The molecule has 2 N–H and O–H groups in total. The number of carbonyl (C=O) groups is 1. The Kier molecular flexibility index (Phi) is 4.14. The zero-order chi connectivity index (χ0) is 11.5. The second kappa shape index (κ2) is 4.97. The van der Waals surface area contributed by atoms with Gasteiger partial charge in [0.25, 0.3) is 0 Å². The topological polar surface area (TPSA) is 41.1 Å². The molecule has 2 unspecified atom stereocenters. The zero-order valence-corrected chi connectivity index (χ0v) is 10.4. The van der Waals surface area contributed by atoms with Crippen LogP contribution in [0.15, 0.2) is 0 Å². The van der Waals surface area contributed by atoms with E-state index in [0.717, 1.165) is 18.8 Å². The Morgan fingerprint density at radius 2 is 2.00 bits per heavy atom. The lowest BCUT2D eigenvalue weighted by atomic mass is 9.86. The van der Waals surface area contributed by atoms with E-state index in [0.29, 0.717) is 6.04 Å². The van der Waals surface area contributed by atoms with Crippen molar-refractivity contribution in [2.75, 3.05) is 7.05 Å². The highest BCUT2D eigenvalue weighted by atomic mass is 16.2. The molecule has 1 saturated carbocycles. The second-order valence-corrected chi connectivity index (χ2v) is 5.32. The van der Waals surface area contributed by atoms with E-state index >= 15 is 0 Å². The van der Waals surface area contributed by atoms with Crippen molar-refractivity contribution in [3.8, 4) is 0 Å². The van der Waals surface area contributed by atoms with Gasteiger partial charge in [-0.25, -0.2) is 0 Å². The molecule has 15 heavy (non-hydrogen) atoms. The zero-order valence-electron chi connectivity index (χ0n) is 10.4. The Morgan fingerprint density at radius 3 is 2.53 bits per heavy atom. The second-order valence-electron chi connectivity index (χ2n) is 5.32. The molecule has 0 aromatic rings. The largest absolute Gasteiger partial charge is 0.352 e. The predicted molar refractivity (Wildman–Crippen MR) is 62.7 cm³/mol. The van der Waals surface area contributed by atoms with Crippen LogP contribution in [0, 0.1) is 5.92 Å². The van der Waals surface area contributed by atoms with Gasteiger partial charge < -0.3 is 10.6 Å². The molecular formula is C12H24N2O. The van der Waals surface area contributed by atoms with Crippen molar-refractivity contribution < 1.29 is 4.79 Å². The molecule has 1 amide bonds. The van der Waals surface area contributed by atoms with Gasteiger partial charge in [-0.1, -0.05) is 19.8 Å². The van der Waals surface area contributed by atoms with Gasteiger partial charge in [0.15, 0.2) is 0 Å². The van der Waals surface area contributed by atoms with Crippen LogP contribution in [0.25, 0.3) is 0 Å². The van der Waals surface area contributed by atoms with Crippen molar-refractivity contribution in [2.24, 2.45) is 5.92 Å². The Morgan fingerprint density at radius 1 is 1.33 bits per heavy atom. The molecule has 2 atom stereocenters. The molecule has 0 saturated heterocycles. The maximum atomic E-state index is 11.9. The predicted octanol–water partition coefficient (Wildman–Crippen LogP) is 1.68. The highest BCUT2D eigenvalue weighted by molar-refractivity contribution is 5.85. The third kappa shape index (κ3) is 3.49. The van der Waals surface area contributed by atoms with E-state index in [9.17, 15) is 4.79 Å².